The quantitative estimate of drug-likeness (QED) is 0.412. The minimum absolute atomic E-state index is 0.00560. The highest BCUT2D eigenvalue weighted by atomic mass is 16.6. The molecule has 4 bridgehead atoms. The van der Waals surface area contributed by atoms with Gasteiger partial charge in [0.1, 0.15) is 11.4 Å². The highest BCUT2D eigenvalue weighted by molar-refractivity contribution is 6.06. The second kappa shape index (κ2) is 10.1. The molecule has 2 aliphatic rings. The Kier molecular flexibility index (Phi) is 7.12. The van der Waals surface area contributed by atoms with Gasteiger partial charge in [-0.05, 0) is 80.6 Å². The Labute approximate surface area is 200 Å². The number of carbonyl (C=O) groups excluding carboxylic acids is 2. The van der Waals surface area contributed by atoms with E-state index in [1.54, 1.807) is 11.0 Å². The molecule has 0 aromatic heterocycles. The average molecular weight is 468 g/mol. The molecule has 1 fully saturated rings. The molecule has 2 aromatic rings. The second-order valence-corrected chi connectivity index (χ2v) is 9.68. The smallest absolute Gasteiger partial charge is 0.410 e. The molecule has 2 atom stereocenters. The van der Waals surface area contributed by atoms with Crippen LogP contribution in [0.15, 0.2) is 42.5 Å². The molecule has 0 N–H and O–H groups in total. The number of ether oxygens (including phenoxy) is 4. The van der Waals surface area contributed by atoms with Crippen LogP contribution in [-0.4, -0.2) is 55.5 Å². The van der Waals surface area contributed by atoms with Crippen LogP contribution in [0.25, 0.3) is 10.8 Å². The zero-order valence-corrected chi connectivity index (χ0v) is 20.3. The molecule has 1 saturated heterocycles. The molecule has 0 spiro atoms. The lowest BCUT2D eigenvalue weighted by atomic mass is 9.88. The molecule has 0 aliphatic carbocycles. The van der Waals surface area contributed by atoms with Crippen LogP contribution in [0.4, 0.5) is 4.79 Å². The number of hydrogen-bond acceptors (Lipinski definition) is 6. The van der Waals surface area contributed by atoms with E-state index in [4.69, 9.17) is 18.9 Å². The summed E-state index contributed by atoms with van der Waals surface area (Å²) in [5.41, 5.74) is 0.804. The van der Waals surface area contributed by atoms with Crippen molar-refractivity contribution in [1.82, 2.24) is 4.90 Å². The Bertz CT molecular complexity index is 1090. The Balaban J connectivity index is 1.84. The first-order valence-corrected chi connectivity index (χ1v) is 11.8. The molecule has 2 aromatic carbocycles. The monoisotopic (exact) mass is 467 g/mol. The maximum Gasteiger partial charge on any atom is 0.410 e. The number of esters is 1. The third-order valence-electron chi connectivity index (χ3n) is 6.12. The fraction of sp³-hybridized carbons (Fsp3) is 0.481. The van der Waals surface area contributed by atoms with Crippen molar-refractivity contribution in [2.24, 2.45) is 0 Å². The van der Waals surface area contributed by atoms with E-state index in [1.165, 1.54) is 7.11 Å². The van der Waals surface area contributed by atoms with E-state index in [0.29, 0.717) is 37.5 Å². The van der Waals surface area contributed by atoms with E-state index in [1.807, 2.05) is 51.1 Å². The lowest BCUT2D eigenvalue weighted by Gasteiger charge is -2.40. The molecular formula is C27H33NO6. The van der Waals surface area contributed by atoms with Gasteiger partial charge in [-0.25, -0.2) is 9.59 Å². The van der Waals surface area contributed by atoms with Gasteiger partial charge in [0, 0.05) is 6.54 Å². The summed E-state index contributed by atoms with van der Waals surface area (Å²) >= 11 is 0. The summed E-state index contributed by atoms with van der Waals surface area (Å²) < 4.78 is 22.9. The minimum atomic E-state index is -0.603. The zero-order chi connectivity index (χ0) is 24.3. The highest BCUT2D eigenvalue weighted by Gasteiger charge is 2.36. The van der Waals surface area contributed by atoms with Crippen molar-refractivity contribution in [2.75, 3.05) is 26.9 Å². The number of fused-ring (bicyclic) bond motifs is 4. The van der Waals surface area contributed by atoms with Crippen molar-refractivity contribution in [2.45, 2.75) is 57.8 Å². The molecule has 0 radical (unpaired) electrons. The van der Waals surface area contributed by atoms with Crippen molar-refractivity contribution < 1.29 is 28.5 Å². The molecule has 7 heteroatoms. The highest BCUT2D eigenvalue weighted by Crippen LogP contribution is 2.39. The van der Waals surface area contributed by atoms with Gasteiger partial charge in [-0.3, -0.25) is 0 Å². The fourth-order valence-corrected chi connectivity index (χ4v) is 4.56. The average Bonchev–Trinajstić information content (AvgIpc) is 2.80. The van der Waals surface area contributed by atoms with Crippen LogP contribution in [0.3, 0.4) is 0 Å². The lowest BCUT2D eigenvalue weighted by Crippen LogP contribution is -2.45. The topological polar surface area (TPSA) is 74.3 Å². The van der Waals surface area contributed by atoms with Crippen LogP contribution in [0.1, 0.15) is 62.0 Å². The maximum atomic E-state index is 13.2. The number of nitrogens with zero attached hydrogens (tertiary/aromatic N) is 1. The van der Waals surface area contributed by atoms with Crippen LogP contribution in [0.5, 0.6) is 5.75 Å². The van der Waals surface area contributed by atoms with Crippen molar-refractivity contribution in [3.63, 3.8) is 0 Å². The molecule has 2 aliphatic heterocycles. The number of likely N-dealkylation sites (tertiary alicyclic amines) is 1. The summed E-state index contributed by atoms with van der Waals surface area (Å²) in [4.78, 5) is 27.5. The van der Waals surface area contributed by atoms with Gasteiger partial charge in [-0.15, -0.1) is 0 Å². The lowest BCUT2D eigenvalue weighted by molar-refractivity contribution is -0.0252. The van der Waals surface area contributed by atoms with Crippen molar-refractivity contribution in [3.05, 3.63) is 53.6 Å². The molecule has 7 nitrogen and oxygen atoms in total. The van der Waals surface area contributed by atoms with Crippen LogP contribution >= 0.6 is 0 Å². The van der Waals surface area contributed by atoms with Gasteiger partial charge in [0.05, 0.1) is 38.0 Å². The third kappa shape index (κ3) is 5.36. The molecule has 182 valence electrons. The summed E-state index contributed by atoms with van der Waals surface area (Å²) in [5.74, 6) is 0.312. The summed E-state index contributed by atoms with van der Waals surface area (Å²) in [6.07, 6.45) is 5.86. The largest absolute Gasteiger partial charge is 0.493 e. The summed E-state index contributed by atoms with van der Waals surface area (Å²) in [7, 11) is 1.37. The van der Waals surface area contributed by atoms with E-state index >= 15 is 0 Å². The normalized spacial score (nSPS) is 21.9. The standard InChI is InChI=1S/C27H33NO6/c1-27(2,3)34-26(30)28-13-12-19-17-24(28)21-10-11-22(25(29)31-4)20-9-8-18(16-23(20)21)32-14-6-5-7-15-33-19/h5,7-11,16,19,24H,6,12-15,17H2,1-4H3/b7-5+/t19-,24-/m0/s1. The molecule has 0 saturated carbocycles. The number of carbonyl (C=O) groups is 2. The van der Waals surface area contributed by atoms with E-state index in [2.05, 4.69) is 6.08 Å². The van der Waals surface area contributed by atoms with Gasteiger partial charge < -0.3 is 23.8 Å². The number of hydrogen-bond donors (Lipinski definition) is 0. The summed E-state index contributed by atoms with van der Waals surface area (Å²) in [5, 5.41) is 1.61. The van der Waals surface area contributed by atoms with Crippen molar-refractivity contribution in [1.29, 1.82) is 0 Å². The van der Waals surface area contributed by atoms with Crippen LogP contribution in [-0.2, 0) is 14.2 Å². The summed E-state index contributed by atoms with van der Waals surface area (Å²) in [6.45, 7) is 7.17. The third-order valence-corrected chi connectivity index (χ3v) is 6.12. The zero-order valence-electron chi connectivity index (χ0n) is 20.3. The predicted molar refractivity (Wildman–Crippen MR) is 129 cm³/mol. The number of benzene rings is 2. The SMILES string of the molecule is COC(=O)c1ccc2c3cc(ccc13)OCC/C=C/CO[C@H]1CCN(C(=O)OC(C)(C)C)[C@H]2C1. The first-order chi connectivity index (χ1) is 16.3. The Morgan fingerprint density at radius 2 is 1.91 bits per heavy atom. The van der Waals surface area contributed by atoms with Gasteiger partial charge >= 0.3 is 12.1 Å². The maximum absolute atomic E-state index is 13.2. The summed E-state index contributed by atoms with van der Waals surface area (Å²) in [6, 6.07) is 9.11. The van der Waals surface area contributed by atoms with Gasteiger partial charge in [0.25, 0.3) is 0 Å². The first kappa shape index (κ1) is 24.1. The predicted octanol–water partition coefficient (Wildman–Crippen LogP) is 5.42. The number of amides is 1. The van der Waals surface area contributed by atoms with Crippen molar-refractivity contribution in [3.8, 4) is 5.75 Å². The Morgan fingerprint density at radius 3 is 2.68 bits per heavy atom. The minimum Gasteiger partial charge on any atom is -0.493 e. The van der Waals surface area contributed by atoms with E-state index in [9.17, 15) is 9.59 Å². The molecule has 1 amide bonds. The van der Waals surface area contributed by atoms with Crippen molar-refractivity contribution >= 4 is 22.8 Å². The van der Waals surface area contributed by atoms with Crippen LogP contribution < -0.4 is 4.74 Å². The van der Waals surface area contributed by atoms with E-state index < -0.39 is 11.6 Å². The van der Waals surface area contributed by atoms with Crippen LogP contribution in [0.2, 0.25) is 0 Å². The Morgan fingerprint density at radius 1 is 1.09 bits per heavy atom. The number of rotatable bonds is 1. The number of methoxy groups -OCH3 is 1. The Hall–Kier alpha value is -3.06. The van der Waals surface area contributed by atoms with Crippen LogP contribution in [0, 0.1) is 0 Å². The van der Waals surface area contributed by atoms with Gasteiger partial charge in [-0.2, -0.15) is 0 Å². The molecular weight excluding hydrogens is 434 g/mol. The number of piperidine rings is 1. The molecule has 0 unspecified atom stereocenters. The van der Waals surface area contributed by atoms with E-state index in [0.717, 1.165) is 29.2 Å². The van der Waals surface area contributed by atoms with E-state index in [-0.39, 0.29) is 18.2 Å². The molecule has 2 heterocycles. The second-order valence-electron chi connectivity index (χ2n) is 9.68. The molecule has 4 rings (SSSR count). The van der Waals surface area contributed by atoms with Gasteiger partial charge in [-0.1, -0.05) is 18.2 Å². The van der Waals surface area contributed by atoms with Gasteiger partial charge in [0.2, 0.25) is 0 Å². The fourth-order valence-electron chi connectivity index (χ4n) is 4.56. The molecule has 34 heavy (non-hydrogen) atoms. The first-order valence-electron chi connectivity index (χ1n) is 11.8. The van der Waals surface area contributed by atoms with Gasteiger partial charge in [0.15, 0.2) is 0 Å².